The molecule has 0 bridgehead atoms. The van der Waals surface area contributed by atoms with Gasteiger partial charge in [-0.3, -0.25) is 14.5 Å². The van der Waals surface area contributed by atoms with E-state index in [1.54, 1.807) is 18.2 Å². The Balaban J connectivity index is 1.42. The number of carbonyl (C=O) groups excluding carboxylic acids is 3. The first kappa shape index (κ1) is 20.0. The minimum Gasteiger partial charge on any atom is -0.356 e. The number of rotatable bonds is 5. The first-order valence-corrected chi connectivity index (χ1v) is 10.7. The maximum absolute atomic E-state index is 13.3. The molecule has 3 heterocycles. The first-order chi connectivity index (χ1) is 15.6. The number of benzene rings is 2. The molecule has 162 valence electrons. The number of carbonyl (C=O) groups is 3. The van der Waals surface area contributed by atoms with Crippen molar-refractivity contribution in [2.24, 2.45) is 0 Å². The van der Waals surface area contributed by atoms with Crippen LogP contribution in [0.4, 0.5) is 16.3 Å². The molecule has 2 N–H and O–H groups in total. The van der Waals surface area contributed by atoms with E-state index in [4.69, 9.17) is 4.98 Å². The van der Waals surface area contributed by atoms with Gasteiger partial charge in [-0.1, -0.05) is 30.3 Å². The Morgan fingerprint density at radius 2 is 1.84 bits per heavy atom. The van der Waals surface area contributed by atoms with Gasteiger partial charge in [0.2, 0.25) is 5.91 Å². The van der Waals surface area contributed by atoms with E-state index in [-0.39, 0.29) is 24.9 Å². The molecular weight excluding hydrogens is 406 g/mol. The molecule has 2 aliphatic rings. The van der Waals surface area contributed by atoms with Crippen LogP contribution in [0.2, 0.25) is 0 Å². The maximum atomic E-state index is 13.3. The number of amides is 4. The molecule has 5 rings (SSSR count). The Morgan fingerprint density at radius 1 is 1.03 bits per heavy atom. The number of imide groups is 1. The molecule has 32 heavy (non-hydrogen) atoms. The van der Waals surface area contributed by atoms with Crippen LogP contribution in [0.3, 0.4) is 0 Å². The molecule has 2 aliphatic heterocycles. The zero-order chi connectivity index (χ0) is 22.1. The minimum absolute atomic E-state index is 0.0174. The Labute approximate surface area is 185 Å². The highest BCUT2D eigenvalue weighted by Gasteiger charge is 2.28. The van der Waals surface area contributed by atoms with E-state index >= 15 is 0 Å². The van der Waals surface area contributed by atoms with Crippen molar-refractivity contribution in [3.8, 4) is 0 Å². The van der Waals surface area contributed by atoms with Gasteiger partial charge in [0.25, 0.3) is 5.91 Å². The van der Waals surface area contributed by atoms with Crippen LogP contribution in [-0.4, -0.2) is 47.4 Å². The molecule has 0 saturated carbocycles. The number of nitrogens with zero attached hydrogens (tertiary/aromatic N) is 3. The number of hydrogen-bond donors (Lipinski definition) is 2. The lowest BCUT2D eigenvalue weighted by Crippen LogP contribution is -2.30. The Hall–Kier alpha value is -3.94. The molecule has 1 aromatic heterocycles. The molecule has 2 fully saturated rings. The Bertz CT molecular complexity index is 1200. The van der Waals surface area contributed by atoms with Crippen molar-refractivity contribution in [3.05, 3.63) is 65.7 Å². The summed E-state index contributed by atoms with van der Waals surface area (Å²) in [5.74, 6) is 0.202. The standard InChI is InChI=1S/C24H23N5O3/c30-21-14-25-24(32)29(21)15-16-6-5-8-18(12-16)26-23(31)19-13-17-7-1-2-9-20(17)27-22(19)28-10-3-4-11-28/h1-2,5-9,12-13H,3-4,10-11,14-15H2,(H,25,32)(H,26,31). The summed E-state index contributed by atoms with van der Waals surface area (Å²) in [6.07, 6.45) is 2.17. The number of fused-ring (bicyclic) bond motifs is 1. The van der Waals surface area contributed by atoms with E-state index in [1.807, 2.05) is 36.4 Å². The molecule has 2 saturated heterocycles. The van der Waals surface area contributed by atoms with Crippen LogP contribution < -0.4 is 15.5 Å². The number of urea groups is 1. The summed E-state index contributed by atoms with van der Waals surface area (Å²) in [4.78, 5) is 45.1. The molecule has 2 aromatic carbocycles. The normalized spacial score (nSPS) is 16.0. The van der Waals surface area contributed by atoms with Crippen molar-refractivity contribution in [3.63, 3.8) is 0 Å². The fraction of sp³-hybridized carbons (Fsp3) is 0.250. The quantitative estimate of drug-likeness (QED) is 0.608. The lowest BCUT2D eigenvalue weighted by Gasteiger charge is -2.20. The van der Waals surface area contributed by atoms with E-state index in [0.717, 1.165) is 42.4 Å². The second-order valence-electron chi connectivity index (χ2n) is 8.04. The smallest absolute Gasteiger partial charge is 0.324 e. The number of pyridine rings is 1. The number of nitrogens with one attached hydrogen (secondary N) is 2. The molecule has 4 amide bonds. The molecule has 8 heteroatoms. The highest BCUT2D eigenvalue weighted by Crippen LogP contribution is 2.27. The molecule has 3 aromatic rings. The van der Waals surface area contributed by atoms with Gasteiger partial charge < -0.3 is 15.5 Å². The van der Waals surface area contributed by atoms with Gasteiger partial charge in [-0.15, -0.1) is 0 Å². The van der Waals surface area contributed by atoms with E-state index < -0.39 is 6.03 Å². The zero-order valence-corrected chi connectivity index (χ0v) is 17.5. The molecule has 8 nitrogen and oxygen atoms in total. The molecule has 0 spiro atoms. The van der Waals surface area contributed by atoms with Gasteiger partial charge in [0, 0.05) is 24.2 Å². The van der Waals surface area contributed by atoms with Crippen molar-refractivity contribution < 1.29 is 14.4 Å². The Morgan fingerprint density at radius 3 is 2.62 bits per heavy atom. The molecule has 0 aliphatic carbocycles. The number of aromatic nitrogens is 1. The number of anilines is 2. The van der Waals surface area contributed by atoms with Crippen LogP contribution in [0.15, 0.2) is 54.6 Å². The lowest BCUT2D eigenvalue weighted by molar-refractivity contribution is -0.125. The van der Waals surface area contributed by atoms with E-state index in [2.05, 4.69) is 15.5 Å². The van der Waals surface area contributed by atoms with Gasteiger partial charge in [0.1, 0.15) is 5.82 Å². The summed E-state index contributed by atoms with van der Waals surface area (Å²) < 4.78 is 0. The topological polar surface area (TPSA) is 94.6 Å². The summed E-state index contributed by atoms with van der Waals surface area (Å²) in [5, 5.41) is 6.39. The molecule has 0 radical (unpaired) electrons. The van der Waals surface area contributed by atoms with E-state index in [9.17, 15) is 14.4 Å². The van der Waals surface area contributed by atoms with Crippen LogP contribution in [0.1, 0.15) is 28.8 Å². The van der Waals surface area contributed by atoms with Crippen LogP contribution in [0.25, 0.3) is 10.9 Å². The molecule has 0 unspecified atom stereocenters. The second-order valence-corrected chi connectivity index (χ2v) is 8.04. The van der Waals surface area contributed by atoms with Crippen molar-refractivity contribution in [2.75, 3.05) is 29.9 Å². The fourth-order valence-electron chi connectivity index (χ4n) is 4.19. The molecular formula is C24H23N5O3. The minimum atomic E-state index is -0.401. The average molecular weight is 429 g/mol. The maximum Gasteiger partial charge on any atom is 0.324 e. The monoisotopic (exact) mass is 429 g/mol. The highest BCUT2D eigenvalue weighted by atomic mass is 16.2. The van der Waals surface area contributed by atoms with Crippen molar-refractivity contribution in [2.45, 2.75) is 19.4 Å². The first-order valence-electron chi connectivity index (χ1n) is 10.7. The van der Waals surface area contributed by atoms with Crippen LogP contribution in [0, 0.1) is 0 Å². The summed E-state index contributed by atoms with van der Waals surface area (Å²) >= 11 is 0. The fourth-order valence-corrected chi connectivity index (χ4v) is 4.19. The van der Waals surface area contributed by atoms with Gasteiger partial charge in [0.15, 0.2) is 0 Å². The predicted octanol–water partition coefficient (Wildman–Crippen LogP) is 3.14. The third-order valence-electron chi connectivity index (χ3n) is 5.82. The van der Waals surface area contributed by atoms with Gasteiger partial charge in [-0.25, -0.2) is 9.78 Å². The van der Waals surface area contributed by atoms with Gasteiger partial charge in [-0.2, -0.15) is 0 Å². The van der Waals surface area contributed by atoms with E-state index in [0.29, 0.717) is 17.1 Å². The van der Waals surface area contributed by atoms with Gasteiger partial charge in [0.05, 0.1) is 24.2 Å². The second kappa shape index (κ2) is 8.30. The van der Waals surface area contributed by atoms with Crippen LogP contribution in [-0.2, 0) is 11.3 Å². The van der Waals surface area contributed by atoms with Crippen molar-refractivity contribution in [1.29, 1.82) is 0 Å². The van der Waals surface area contributed by atoms with Crippen LogP contribution >= 0.6 is 0 Å². The summed E-state index contributed by atoms with van der Waals surface area (Å²) in [6, 6.07) is 16.5. The highest BCUT2D eigenvalue weighted by molar-refractivity contribution is 6.09. The Kier molecular flexibility index (Phi) is 5.18. The van der Waals surface area contributed by atoms with Crippen molar-refractivity contribution >= 4 is 40.3 Å². The number of hydrogen-bond acceptors (Lipinski definition) is 5. The lowest BCUT2D eigenvalue weighted by atomic mass is 10.1. The SMILES string of the molecule is O=C(Nc1cccc(CN2C(=O)CNC2=O)c1)c1cc2ccccc2nc1N1CCCC1. The largest absolute Gasteiger partial charge is 0.356 e. The van der Waals surface area contributed by atoms with Gasteiger partial charge >= 0.3 is 6.03 Å². The third kappa shape index (κ3) is 3.87. The third-order valence-corrected chi connectivity index (χ3v) is 5.82. The van der Waals surface area contributed by atoms with Crippen molar-refractivity contribution in [1.82, 2.24) is 15.2 Å². The molecule has 0 atom stereocenters. The number of para-hydroxylation sites is 1. The van der Waals surface area contributed by atoms with Crippen LogP contribution in [0.5, 0.6) is 0 Å². The predicted molar refractivity (Wildman–Crippen MR) is 122 cm³/mol. The van der Waals surface area contributed by atoms with Gasteiger partial charge in [-0.05, 0) is 42.7 Å². The summed E-state index contributed by atoms with van der Waals surface area (Å²) in [7, 11) is 0. The summed E-state index contributed by atoms with van der Waals surface area (Å²) in [5.41, 5.74) is 2.75. The zero-order valence-electron chi connectivity index (χ0n) is 17.5. The summed E-state index contributed by atoms with van der Waals surface area (Å²) in [6.45, 7) is 1.94. The average Bonchev–Trinajstić information content (AvgIpc) is 3.45. The van der Waals surface area contributed by atoms with E-state index in [1.165, 1.54) is 4.90 Å².